The molecule has 1 N–H and O–H groups in total. The van der Waals surface area contributed by atoms with Crippen LogP contribution in [0.3, 0.4) is 0 Å². The second kappa shape index (κ2) is 7.12. The Morgan fingerprint density at radius 1 is 0.905 bits per heavy atom. The molecular weight excluding hydrogens is 287 g/mol. The summed E-state index contributed by atoms with van der Waals surface area (Å²) in [6.07, 6.45) is 11.7. The molecule has 2 aliphatic carbocycles. The van der Waals surface area contributed by atoms with Gasteiger partial charge >= 0.3 is 7.82 Å². The molecule has 0 unspecified atom stereocenters. The topological polar surface area (TPSA) is 55.8 Å². The molecule has 2 saturated carbocycles. The molecule has 0 aromatic carbocycles. The summed E-state index contributed by atoms with van der Waals surface area (Å²) in [4.78, 5) is 10.2. The Kier molecular flexibility index (Phi) is 5.92. The van der Waals surface area contributed by atoms with Crippen molar-refractivity contribution in [3.05, 3.63) is 0 Å². The number of hydrogen-bond acceptors (Lipinski definition) is 3. The van der Waals surface area contributed by atoms with E-state index >= 15 is 0 Å². The van der Waals surface area contributed by atoms with Crippen LogP contribution >= 0.6 is 7.82 Å². The van der Waals surface area contributed by atoms with Crippen LogP contribution in [-0.2, 0) is 13.6 Å². The number of hydrogen-bond donors (Lipinski definition) is 1. The summed E-state index contributed by atoms with van der Waals surface area (Å²) in [5.74, 6) is 0. The maximum absolute atomic E-state index is 12.5. The van der Waals surface area contributed by atoms with Crippen LogP contribution in [0.15, 0.2) is 0 Å². The van der Waals surface area contributed by atoms with E-state index in [9.17, 15) is 9.46 Å². The van der Waals surface area contributed by atoms with E-state index in [1.165, 1.54) is 0 Å². The zero-order valence-electron chi connectivity index (χ0n) is 13.6. The minimum Gasteiger partial charge on any atom is -0.302 e. The number of phosphoric ester groups is 1. The summed E-state index contributed by atoms with van der Waals surface area (Å²) < 4.78 is 23.8. The third-order valence-corrected chi connectivity index (χ3v) is 6.36. The largest absolute Gasteiger partial charge is 0.473 e. The van der Waals surface area contributed by atoms with Crippen LogP contribution < -0.4 is 0 Å². The van der Waals surface area contributed by atoms with Gasteiger partial charge in [0.15, 0.2) is 0 Å². The van der Waals surface area contributed by atoms with Gasteiger partial charge in [-0.1, -0.05) is 39.5 Å². The van der Waals surface area contributed by atoms with Crippen molar-refractivity contribution in [3.63, 3.8) is 0 Å². The molecule has 0 aliphatic heterocycles. The maximum atomic E-state index is 12.5. The van der Waals surface area contributed by atoms with Gasteiger partial charge < -0.3 is 4.89 Å². The van der Waals surface area contributed by atoms with Crippen LogP contribution in [0.5, 0.6) is 0 Å². The van der Waals surface area contributed by atoms with Gasteiger partial charge in [-0.25, -0.2) is 4.57 Å². The molecule has 0 aromatic rings. The van der Waals surface area contributed by atoms with Gasteiger partial charge in [0.05, 0.1) is 11.2 Å². The molecule has 0 amide bonds. The van der Waals surface area contributed by atoms with Gasteiger partial charge in [0.1, 0.15) is 0 Å². The molecule has 5 heteroatoms. The van der Waals surface area contributed by atoms with Crippen LogP contribution in [0, 0.1) is 0 Å². The molecule has 0 radical (unpaired) electrons. The fraction of sp³-hybridized carbons (Fsp3) is 1.00. The molecule has 2 rings (SSSR count). The Hall–Kier alpha value is 0.110. The van der Waals surface area contributed by atoms with Crippen molar-refractivity contribution in [1.29, 1.82) is 0 Å². The van der Waals surface area contributed by atoms with Gasteiger partial charge in [-0.05, 0) is 51.4 Å². The van der Waals surface area contributed by atoms with Crippen molar-refractivity contribution < 1.29 is 18.5 Å². The monoisotopic (exact) mass is 318 g/mol. The molecule has 4 nitrogen and oxygen atoms in total. The Bertz CT molecular complexity index is 342. The highest BCUT2D eigenvalue weighted by molar-refractivity contribution is 7.47. The highest BCUT2D eigenvalue weighted by Gasteiger charge is 2.49. The van der Waals surface area contributed by atoms with E-state index in [2.05, 4.69) is 13.8 Å². The van der Waals surface area contributed by atoms with Gasteiger partial charge in [-0.3, -0.25) is 9.05 Å². The van der Waals surface area contributed by atoms with Crippen molar-refractivity contribution in [2.24, 2.45) is 0 Å². The quantitative estimate of drug-likeness (QED) is 0.552. The van der Waals surface area contributed by atoms with E-state index in [1.54, 1.807) is 0 Å². The van der Waals surface area contributed by atoms with Crippen molar-refractivity contribution >= 4 is 7.82 Å². The predicted molar refractivity (Wildman–Crippen MR) is 84.2 cm³/mol. The lowest BCUT2D eigenvalue weighted by molar-refractivity contribution is -0.0888. The zero-order valence-corrected chi connectivity index (χ0v) is 14.5. The Labute approximate surface area is 129 Å². The van der Waals surface area contributed by atoms with E-state index in [1.807, 2.05) is 0 Å². The molecule has 0 bridgehead atoms. The second-order valence-electron chi connectivity index (χ2n) is 6.93. The van der Waals surface area contributed by atoms with Crippen LogP contribution in [-0.4, -0.2) is 16.1 Å². The fourth-order valence-corrected chi connectivity index (χ4v) is 4.99. The molecule has 0 atom stereocenters. The average Bonchev–Trinajstić information content (AvgIpc) is 2.35. The molecule has 2 aliphatic rings. The van der Waals surface area contributed by atoms with Crippen LogP contribution in [0.1, 0.15) is 90.9 Å². The van der Waals surface area contributed by atoms with E-state index in [4.69, 9.17) is 9.05 Å². The predicted octanol–water partition coefficient (Wildman–Crippen LogP) is 5.35. The number of rotatable bonds is 10. The third-order valence-electron chi connectivity index (χ3n) is 5.12. The first-order chi connectivity index (χ1) is 9.95. The van der Waals surface area contributed by atoms with Gasteiger partial charge in [-0.15, -0.1) is 0 Å². The van der Waals surface area contributed by atoms with Crippen molar-refractivity contribution in [2.45, 2.75) is 102 Å². The molecule has 124 valence electrons. The lowest BCUT2D eigenvalue weighted by Crippen LogP contribution is -2.42. The lowest BCUT2D eigenvalue weighted by Gasteiger charge is -2.46. The van der Waals surface area contributed by atoms with E-state index < -0.39 is 19.0 Å². The van der Waals surface area contributed by atoms with Crippen molar-refractivity contribution in [2.75, 3.05) is 0 Å². The molecule has 0 spiro atoms. The van der Waals surface area contributed by atoms with E-state index in [0.29, 0.717) is 0 Å². The molecule has 21 heavy (non-hydrogen) atoms. The summed E-state index contributed by atoms with van der Waals surface area (Å²) in [6.45, 7) is 4.27. The highest BCUT2D eigenvalue weighted by atomic mass is 31.2. The minimum absolute atomic E-state index is 0.393. The Morgan fingerprint density at radius 2 is 1.29 bits per heavy atom. The summed E-state index contributed by atoms with van der Waals surface area (Å²) >= 11 is 0. The first-order valence-electron chi connectivity index (χ1n) is 8.69. The summed E-state index contributed by atoms with van der Waals surface area (Å²) in [5, 5.41) is 0. The first kappa shape index (κ1) is 17.5. The molecule has 0 heterocycles. The van der Waals surface area contributed by atoms with Gasteiger partial charge in [0, 0.05) is 0 Å². The Morgan fingerprint density at radius 3 is 1.52 bits per heavy atom. The smallest absolute Gasteiger partial charge is 0.302 e. The molecule has 2 fully saturated rings. The minimum atomic E-state index is -3.95. The van der Waals surface area contributed by atoms with Crippen LogP contribution in [0.25, 0.3) is 0 Å². The van der Waals surface area contributed by atoms with Gasteiger partial charge in [0.2, 0.25) is 0 Å². The standard InChI is InChI=1S/C16H31O4P/c1-3-5-9-15(11-7-12-15)19-21(17,18)20-16(10-6-4-2)13-8-14-16/h3-14H2,1-2H3,(H,17,18). The van der Waals surface area contributed by atoms with E-state index in [0.717, 1.165) is 77.0 Å². The van der Waals surface area contributed by atoms with Crippen LogP contribution in [0.2, 0.25) is 0 Å². The highest BCUT2D eigenvalue weighted by Crippen LogP contribution is 2.59. The van der Waals surface area contributed by atoms with Gasteiger partial charge in [0.25, 0.3) is 0 Å². The summed E-state index contributed by atoms with van der Waals surface area (Å²) in [5.41, 5.74) is -0.786. The van der Waals surface area contributed by atoms with Crippen LogP contribution in [0.4, 0.5) is 0 Å². The lowest BCUT2D eigenvalue weighted by atomic mass is 9.77. The molecular formula is C16H31O4P. The average molecular weight is 318 g/mol. The van der Waals surface area contributed by atoms with E-state index in [-0.39, 0.29) is 0 Å². The first-order valence-corrected chi connectivity index (χ1v) is 10.2. The number of unbranched alkanes of at least 4 members (excludes halogenated alkanes) is 2. The SMILES string of the molecule is CCCCC1(OP(=O)(O)OC2(CCCC)CCC2)CCC1. The fourth-order valence-electron chi connectivity index (χ4n) is 3.42. The van der Waals surface area contributed by atoms with Crippen molar-refractivity contribution in [1.82, 2.24) is 0 Å². The second-order valence-corrected chi connectivity index (χ2v) is 8.23. The normalized spacial score (nSPS) is 23.4. The number of phosphoric acid groups is 1. The zero-order chi connectivity index (χ0) is 15.4. The third kappa shape index (κ3) is 4.54. The summed E-state index contributed by atoms with van der Waals surface area (Å²) in [7, 11) is -3.95. The molecule has 0 saturated heterocycles. The van der Waals surface area contributed by atoms with Crippen molar-refractivity contribution in [3.8, 4) is 0 Å². The molecule has 0 aromatic heterocycles. The Balaban J connectivity index is 1.92. The maximum Gasteiger partial charge on any atom is 0.473 e. The van der Waals surface area contributed by atoms with Gasteiger partial charge in [-0.2, -0.15) is 0 Å². The summed E-state index contributed by atoms with van der Waals surface area (Å²) in [6, 6.07) is 0.